The zero-order valence-electron chi connectivity index (χ0n) is 12.4. The number of aliphatic hydroxyl groups excluding tert-OH is 1. The van der Waals surface area contributed by atoms with Gasteiger partial charge in [0.15, 0.2) is 0 Å². The van der Waals surface area contributed by atoms with Gasteiger partial charge in [0.25, 0.3) is 0 Å². The molecule has 3 N–H and O–H groups in total. The van der Waals surface area contributed by atoms with Gasteiger partial charge in [0, 0.05) is 0 Å². The first-order valence-electron chi connectivity index (χ1n) is 6.96. The van der Waals surface area contributed by atoms with E-state index in [1.54, 1.807) is 0 Å². The summed E-state index contributed by atoms with van der Waals surface area (Å²) in [5, 5.41) is 26.2. The predicted molar refractivity (Wildman–Crippen MR) is 78.6 cm³/mol. The second-order valence-corrected chi connectivity index (χ2v) is 6.05. The fraction of sp³-hybridized carbons (Fsp3) is 0.500. The largest absolute Gasteiger partial charge is 0.478 e. The van der Waals surface area contributed by atoms with Crippen LogP contribution in [0.1, 0.15) is 60.2 Å². The number of rotatable bonds is 2. The van der Waals surface area contributed by atoms with E-state index in [4.69, 9.17) is 15.3 Å². The summed E-state index contributed by atoms with van der Waals surface area (Å²) in [5.74, 6) is -2.46. The van der Waals surface area contributed by atoms with E-state index in [1.807, 2.05) is 0 Å². The summed E-state index contributed by atoms with van der Waals surface area (Å²) in [6, 6.07) is 5.48. The number of benzene rings is 1. The molecule has 5 heteroatoms. The third-order valence-corrected chi connectivity index (χ3v) is 3.70. The second-order valence-electron chi connectivity index (χ2n) is 6.05. The minimum absolute atomic E-state index is 0.00183. The summed E-state index contributed by atoms with van der Waals surface area (Å²) < 4.78 is 0. The van der Waals surface area contributed by atoms with Crippen molar-refractivity contribution in [2.45, 2.75) is 45.6 Å². The summed E-state index contributed by atoms with van der Waals surface area (Å²) in [6.07, 6.45) is 4.39. The monoisotopic (exact) mass is 294 g/mol. The molecule has 0 amide bonds. The van der Waals surface area contributed by atoms with Gasteiger partial charge in [-0.2, -0.15) is 0 Å². The highest BCUT2D eigenvalue weighted by molar-refractivity contribution is 6.01. The van der Waals surface area contributed by atoms with E-state index in [0.717, 1.165) is 12.8 Å². The van der Waals surface area contributed by atoms with Crippen molar-refractivity contribution in [3.63, 3.8) is 0 Å². The SMILES string of the molecule is CC1(C)CCC(O)CC1.O=C(O)c1ccccc1C(=O)O. The van der Waals surface area contributed by atoms with E-state index in [1.165, 1.54) is 37.1 Å². The van der Waals surface area contributed by atoms with Gasteiger partial charge in [0.1, 0.15) is 0 Å². The molecule has 1 fully saturated rings. The molecule has 0 aliphatic heterocycles. The lowest BCUT2D eigenvalue weighted by Gasteiger charge is -2.31. The highest BCUT2D eigenvalue weighted by atomic mass is 16.4. The van der Waals surface area contributed by atoms with Crippen molar-refractivity contribution in [2.75, 3.05) is 0 Å². The first-order valence-corrected chi connectivity index (χ1v) is 6.96. The highest BCUT2D eigenvalue weighted by Gasteiger charge is 2.25. The molecule has 0 unspecified atom stereocenters. The van der Waals surface area contributed by atoms with Crippen molar-refractivity contribution in [1.29, 1.82) is 0 Å². The fourth-order valence-corrected chi connectivity index (χ4v) is 2.24. The molecule has 1 aliphatic rings. The second kappa shape index (κ2) is 7.22. The van der Waals surface area contributed by atoms with Gasteiger partial charge < -0.3 is 15.3 Å². The minimum Gasteiger partial charge on any atom is -0.478 e. The standard InChI is InChI=1S/C8H6O4.C8H16O/c9-7(10)5-3-1-2-4-6(5)8(11)12;1-8(2)5-3-7(9)4-6-8/h1-4H,(H,9,10)(H,11,12);7,9H,3-6H2,1-2H3. The average molecular weight is 294 g/mol. The predicted octanol–water partition coefficient (Wildman–Crippen LogP) is 3.03. The molecule has 0 spiro atoms. The van der Waals surface area contributed by atoms with E-state index in [9.17, 15) is 9.59 Å². The minimum atomic E-state index is -1.23. The molecule has 0 aromatic heterocycles. The number of hydrogen-bond acceptors (Lipinski definition) is 3. The van der Waals surface area contributed by atoms with E-state index < -0.39 is 11.9 Å². The third-order valence-electron chi connectivity index (χ3n) is 3.70. The first kappa shape index (κ1) is 17.2. The Hall–Kier alpha value is -1.88. The van der Waals surface area contributed by atoms with Crippen molar-refractivity contribution >= 4 is 11.9 Å². The molecular weight excluding hydrogens is 272 g/mol. The molecule has 0 heterocycles. The molecular formula is C16H22O5. The number of carboxylic acids is 2. The fourth-order valence-electron chi connectivity index (χ4n) is 2.24. The molecule has 0 bridgehead atoms. The van der Waals surface area contributed by atoms with Gasteiger partial charge in [-0.3, -0.25) is 0 Å². The topological polar surface area (TPSA) is 94.8 Å². The molecule has 1 aromatic carbocycles. The molecule has 0 radical (unpaired) electrons. The van der Waals surface area contributed by atoms with Crippen LogP contribution < -0.4 is 0 Å². The van der Waals surface area contributed by atoms with Crippen molar-refractivity contribution in [3.05, 3.63) is 35.4 Å². The third kappa shape index (κ3) is 5.55. The van der Waals surface area contributed by atoms with Gasteiger partial charge >= 0.3 is 11.9 Å². The zero-order valence-corrected chi connectivity index (χ0v) is 12.4. The Morgan fingerprint density at radius 3 is 1.67 bits per heavy atom. The van der Waals surface area contributed by atoms with Crippen molar-refractivity contribution in [1.82, 2.24) is 0 Å². The Morgan fingerprint density at radius 2 is 1.38 bits per heavy atom. The lowest BCUT2D eigenvalue weighted by molar-refractivity contribution is 0.0651. The summed E-state index contributed by atoms with van der Waals surface area (Å²) in [6.45, 7) is 4.55. The smallest absolute Gasteiger partial charge is 0.336 e. The normalized spacial score (nSPS) is 17.5. The number of aromatic carboxylic acids is 2. The number of hydrogen-bond donors (Lipinski definition) is 3. The summed E-state index contributed by atoms with van der Waals surface area (Å²) in [7, 11) is 0. The molecule has 0 atom stereocenters. The van der Waals surface area contributed by atoms with Crippen molar-refractivity contribution in [2.24, 2.45) is 5.41 Å². The van der Waals surface area contributed by atoms with Crippen molar-refractivity contribution < 1.29 is 24.9 Å². The van der Waals surface area contributed by atoms with E-state index >= 15 is 0 Å². The van der Waals surface area contributed by atoms with Gasteiger partial charge in [0.05, 0.1) is 17.2 Å². The Morgan fingerprint density at radius 1 is 1.00 bits per heavy atom. The van der Waals surface area contributed by atoms with Gasteiger partial charge in [-0.15, -0.1) is 0 Å². The van der Waals surface area contributed by atoms with Crippen LogP contribution in [0, 0.1) is 5.41 Å². The van der Waals surface area contributed by atoms with Gasteiger partial charge in [-0.25, -0.2) is 9.59 Å². The van der Waals surface area contributed by atoms with Gasteiger partial charge in [-0.05, 0) is 43.2 Å². The van der Waals surface area contributed by atoms with Gasteiger partial charge in [-0.1, -0.05) is 26.0 Å². The van der Waals surface area contributed by atoms with Crippen LogP contribution in [0.3, 0.4) is 0 Å². The number of aliphatic hydroxyl groups is 1. The molecule has 5 nitrogen and oxygen atoms in total. The average Bonchev–Trinajstić information content (AvgIpc) is 2.43. The Kier molecular flexibility index (Phi) is 5.90. The highest BCUT2D eigenvalue weighted by Crippen LogP contribution is 2.34. The first-order chi connectivity index (χ1) is 9.73. The maximum Gasteiger partial charge on any atom is 0.336 e. The van der Waals surface area contributed by atoms with Crippen LogP contribution in [-0.2, 0) is 0 Å². The maximum atomic E-state index is 10.5. The molecule has 0 saturated heterocycles. The van der Waals surface area contributed by atoms with Crippen LogP contribution in [0.2, 0.25) is 0 Å². The Balaban J connectivity index is 0.000000219. The maximum absolute atomic E-state index is 10.5. The molecule has 1 saturated carbocycles. The summed E-state index contributed by atoms with van der Waals surface area (Å²) >= 11 is 0. The molecule has 2 rings (SSSR count). The van der Waals surface area contributed by atoms with E-state index in [-0.39, 0.29) is 17.2 Å². The number of carbonyl (C=O) groups is 2. The number of carboxylic acid groups (broad SMARTS) is 2. The molecule has 1 aromatic rings. The van der Waals surface area contributed by atoms with Crippen LogP contribution in [0.15, 0.2) is 24.3 Å². The Labute approximate surface area is 124 Å². The quantitative estimate of drug-likeness (QED) is 0.779. The zero-order chi connectivity index (χ0) is 16.0. The molecule has 21 heavy (non-hydrogen) atoms. The van der Waals surface area contributed by atoms with Crippen LogP contribution >= 0.6 is 0 Å². The van der Waals surface area contributed by atoms with Crippen LogP contribution in [0.5, 0.6) is 0 Å². The Bertz CT molecular complexity index is 464. The van der Waals surface area contributed by atoms with Crippen LogP contribution in [0.25, 0.3) is 0 Å². The molecule has 1 aliphatic carbocycles. The summed E-state index contributed by atoms with van der Waals surface area (Å²) in [5.41, 5.74) is 0.120. The van der Waals surface area contributed by atoms with E-state index in [0.29, 0.717) is 5.41 Å². The van der Waals surface area contributed by atoms with Crippen LogP contribution in [-0.4, -0.2) is 33.4 Å². The summed E-state index contributed by atoms with van der Waals surface area (Å²) in [4.78, 5) is 20.9. The van der Waals surface area contributed by atoms with Crippen molar-refractivity contribution in [3.8, 4) is 0 Å². The van der Waals surface area contributed by atoms with E-state index in [2.05, 4.69) is 13.8 Å². The lowest BCUT2D eigenvalue weighted by Crippen LogP contribution is -2.23. The van der Waals surface area contributed by atoms with Crippen LogP contribution in [0.4, 0.5) is 0 Å². The van der Waals surface area contributed by atoms with Gasteiger partial charge in [0.2, 0.25) is 0 Å². The molecule has 116 valence electrons. The lowest BCUT2D eigenvalue weighted by atomic mass is 9.76.